The first kappa shape index (κ1) is 15.0. The maximum absolute atomic E-state index is 11.0. The van der Waals surface area contributed by atoms with E-state index >= 15 is 0 Å². The average Bonchev–Trinajstić information content (AvgIpc) is 2.25. The fourth-order valence-corrected chi connectivity index (χ4v) is 3.44. The van der Waals surface area contributed by atoms with Gasteiger partial charge in [0, 0.05) is 6.26 Å². The maximum Gasteiger partial charge on any atom is 0.147 e. The number of rotatable bonds is 5. The van der Waals surface area contributed by atoms with Crippen molar-refractivity contribution < 1.29 is 13.5 Å². The monoisotopic (exact) mass is 262 g/mol. The van der Waals surface area contributed by atoms with Gasteiger partial charge in [-0.05, 0) is 49.9 Å². The van der Waals surface area contributed by atoms with Crippen molar-refractivity contribution in [2.75, 3.05) is 12.0 Å². The zero-order valence-electron chi connectivity index (χ0n) is 11.2. The SMILES string of the molecule is CC(C)C1CCC(C(O)CCS(C)(=O)=O)CC1. The molecule has 1 N–H and O–H groups in total. The Hall–Kier alpha value is -0.0900. The van der Waals surface area contributed by atoms with Gasteiger partial charge in [0.2, 0.25) is 0 Å². The predicted octanol–water partition coefficient (Wildman–Crippen LogP) is 2.24. The van der Waals surface area contributed by atoms with E-state index in [0.29, 0.717) is 12.3 Å². The van der Waals surface area contributed by atoms with Gasteiger partial charge in [-0.2, -0.15) is 0 Å². The van der Waals surface area contributed by atoms with Crippen LogP contribution in [0.2, 0.25) is 0 Å². The van der Waals surface area contributed by atoms with Crippen LogP contribution in [0.5, 0.6) is 0 Å². The van der Waals surface area contributed by atoms with E-state index in [9.17, 15) is 13.5 Å². The first-order valence-corrected chi connectivity index (χ1v) is 8.71. The molecule has 0 aromatic rings. The molecular weight excluding hydrogens is 236 g/mol. The Morgan fingerprint density at radius 1 is 1.12 bits per heavy atom. The van der Waals surface area contributed by atoms with E-state index in [1.165, 1.54) is 19.1 Å². The van der Waals surface area contributed by atoms with Crippen molar-refractivity contribution in [1.29, 1.82) is 0 Å². The lowest BCUT2D eigenvalue weighted by Gasteiger charge is -2.33. The lowest BCUT2D eigenvalue weighted by atomic mass is 9.75. The van der Waals surface area contributed by atoms with Gasteiger partial charge in [0.05, 0.1) is 11.9 Å². The molecule has 0 aliphatic heterocycles. The normalized spacial score (nSPS) is 28.3. The smallest absolute Gasteiger partial charge is 0.147 e. The van der Waals surface area contributed by atoms with Crippen LogP contribution in [-0.2, 0) is 9.84 Å². The number of hydrogen-bond acceptors (Lipinski definition) is 3. The van der Waals surface area contributed by atoms with Gasteiger partial charge >= 0.3 is 0 Å². The summed E-state index contributed by atoms with van der Waals surface area (Å²) in [5, 5.41) is 10.00. The minimum absolute atomic E-state index is 0.109. The van der Waals surface area contributed by atoms with Crippen molar-refractivity contribution in [2.24, 2.45) is 17.8 Å². The van der Waals surface area contributed by atoms with Gasteiger partial charge in [0.15, 0.2) is 0 Å². The molecule has 1 saturated carbocycles. The van der Waals surface area contributed by atoms with Gasteiger partial charge in [-0.1, -0.05) is 13.8 Å². The van der Waals surface area contributed by atoms with Gasteiger partial charge in [0.25, 0.3) is 0 Å². The van der Waals surface area contributed by atoms with Gasteiger partial charge in [-0.15, -0.1) is 0 Å². The second-order valence-electron chi connectivity index (χ2n) is 5.90. The van der Waals surface area contributed by atoms with Crippen LogP contribution in [0.15, 0.2) is 0 Å². The maximum atomic E-state index is 11.0. The summed E-state index contributed by atoms with van der Waals surface area (Å²) < 4.78 is 22.1. The molecule has 1 aliphatic rings. The van der Waals surface area contributed by atoms with Crippen LogP contribution < -0.4 is 0 Å². The highest BCUT2D eigenvalue weighted by molar-refractivity contribution is 7.90. The van der Waals surface area contributed by atoms with Crippen molar-refractivity contribution in [2.45, 2.75) is 52.1 Å². The Morgan fingerprint density at radius 2 is 1.59 bits per heavy atom. The summed E-state index contributed by atoms with van der Waals surface area (Å²) in [6, 6.07) is 0. The lowest BCUT2D eigenvalue weighted by molar-refractivity contribution is 0.0650. The van der Waals surface area contributed by atoms with E-state index in [4.69, 9.17) is 0 Å². The molecule has 1 fully saturated rings. The molecule has 0 aromatic carbocycles. The minimum Gasteiger partial charge on any atom is -0.393 e. The third kappa shape index (κ3) is 5.38. The van der Waals surface area contributed by atoms with Crippen LogP contribution in [0.3, 0.4) is 0 Å². The van der Waals surface area contributed by atoms with Crippen molar-refractivity contribution in [1.82, 2.24) is 0 Å². The fourth-order valence-electron chi connectivity index (χ4n) is 2.77. The van der Waals surface area contributed by atoms with E-state index in [0.717, 1.165) is 24.7 Å². The summed E-state index contributed by atoms with van der Waals surface area (Å²) in [4.78, 5) is 0. The molecule has 0 spiro atoms. The van der Waals surface area contributed by atoms with Gasteiger partial charge in [0.1, 0.15) is 9.84 Å². The second-order valence-corrected chi connectivity index (χ2v) is 8.16. The van der Waals surface area contributed by atoms with Crippen molar-refractivity contribution in [3.63, 3.8) is 0 Å². The van der Waals surface area contributed by atoms with Crippen LogP contribution in [-0.4, -0.2) is 31.6 Å². The molecule has 0 heterocycles. The Labute approximate surface area is 106 Å². The van der Waals surface area contributed by atoms with Crippen LogP contribution >= 0.6 is 0 Å². The van der Waals surface area contributed by atoms with Gasteiger partial charge in [-0.25, -0.2) is 8.42 Å². The summed E-state index contributed by atoms with van der Waals surface area (Å²) in [5.74, 6) is 1.93. The fraction of sp³-hybridized carbons (Fsp3) is 1.00. The molecule has 17 heavy (non-hydrogen) atoms. The first-order valence-electron chi connectivity index (χ1n) is 6.65. The largest absolute Gasteiger partial charge is 0.393 e. The molecule has 3 nitrogen and oxygen atoms in total. The van der Waals surface area contributed by atoms with Crippen molar-refractivity contribution >= 4 is 9.84 Å². The molecule has 4 heteroatoms. The third-order valence-electron chi connectivity index (χ3n) is 4.09. The molecule has 0 radical (unpaired) electrons. The van der Waals surface area contributed by atoms with E-state index in [2.05, 4.69) is 13.8 Å². The standard InChI is InChI=1S/C13H26O3S/c1-10(2)11-4-6-12(7-5-11)13(14)8-9-17(3,15)16/h10-14H,4-9H2,1-3H3. The Balaban J connectivity index is 2.33. The average molecular weight is 262 g/mol. The number of aliphatic hydroxyl groups is 1. The van der Waals surface area contributed by atoms with Crippen molar-refractivity contribution in [3.8, 4) is 0 Å². The predicted molar refractivity (Wildman–Crippen MR) is 70.6 cm³/mol. The minimum atomic E-state index is -2.94. The molecule has 1 aliphatic carbocycles. The number of sulfone groups is 1. The topological polar surface area (TPSA) is 54.4 Å². The molecule has 1 unspecified atom stereocenters. The van der Waals surface area contributed by atoms with Crippen LogP contribution in [0.1, 0.15) is 46.0 Å². The zero-order valence-corrected chi connectivity index (χ0v) is 12.0. The third-order valence-corrected chi connectivity index (χ3v) is 5.07. The molecule has 102 valence electrons. The summed E-state index contributed by atoms with van der Waals surface area (Å²) >= 11 is 0. The number of hydrogen-bond donors (Lipinski definition) is 1. The summed E-state index contributed by atoms with van der Waals surface area (Å²) in [6.45, 7) is 4.51. The van der Waals surface area contributed by atoms with E-state index < -0.39 is 15.9 Å². The Morgan fingerprint density at radius 3 is 2.00 bits per heavy atom. The Kier molecular flexibility index (Phi) is 5.45. The van der Waals surface area contributed by atoms with Crippen molar-refractivity contribution in [3.05, 3.63) is 0 Å². The van der Waals surface area contributed by atoms with E-state index in [1.54, 1.807) is 0 Å². The molecular formula is C13H26O3S. The van der Waals surface area contributed by atoms with E-state index in [1.807, 2.05) is 0 Å². The second kappa shape index (κ2) is 6.19. The Bertz CT molecular complexity index is 314. The van der Waals surface area contributed by atoms with Gasteiger partial charge < -0.3 is 5.11 Å². The quantitative estimate of drug-likeness (QED) is 0.826. The highest BCUT2D eigenvalue weighted by Gasteiger charge is 2.27. The highest BCUT2D eigenvalue weighted by atomic mass is 32.2. The molecule has 0 bridgehead atoms. The lowest BCUT2D eigenvalue weighted by Crippen LogP contribution is -2.28. The molecule has 0 amide bonds. The highest BCUT2D eigenvalue weighted by Crippen LogP contribution is 2.35. The van der Waals surface area contributed by atoms with Crippen LogP contribution in [0.4, 0.5) is 0 Å². The molecule has 1 atom stereocenters. The summed E-state index contributed by atoms with van der Waals surface area (Å²) in [7, 11) is -2.94. The first-order chi connectivity index (χ1) is 7.79. The van der Waals surface area contributed by atoms with Crippen LogP contribution in [0.25, 0.3) is 0 Å². The molecule has 1 rings (SSSR count). The molecule has 0 saturated heterocycles. The summed E-state index contributed by atoms with van der Waals surface area (Å²) in [5.41, 5.74) is 0. The zero-order chi connectivity index (χ0) is 13.1. The number of aliphatic hydroxyl groups excluding tert-OH is 1. The van der Waals surface area contributed by atoms with Crippen LogP contribution in [0, 0.1) is 17.8 Å². The van der Waals surface area contributed by atoms with E-state index in [-0.39, 0.29) is 5.75 Å². The summed E-state index contributed by atoms with van der Waals surface area (Å²) in [6.07, 6.45) is 5.65. The molecule has 0 aromatic heterocycles. The van der Waals surface area contributed by atoms with Gasteiger partial charge in [-0.3, -0.25) is 0 Å².